The summed E-state index contributed by atoms with van der Waals surface area (Å²) in [5.74, 6) is 0.315. The van der Waals surface area contributed by atoms with Crippen LogP contribution in [0.5, 0.6) is 0 Å². The molecule has 0 aliphatic carbocycles. The van der Waals surface area contributed by atoms with Crippen LogP contribution in [0.25, 0.3) is 0 Å². The van der Waals surface area contributed by atoms with Crippen molar-refractivity contribution in [1.82, 2.24) is 20.1 Å². The Morgan fingerprint density at radius 2 is 2.26 bits per heavy atom. The van der Waals surface area contributed by atoms with E-state index in [1.807, 2.05) is 16.5 Å². The summed E-state index contributed by atoms with van der Waals surface area (Å²) in [6, 6.07) is 0.0713. The number of thiazole rings is 1. The summed E-state index contributed by atoms with van der Waals surface area (Å²) in [6.07, 6.45) is 3.95. The molecule has 0 saturated carbocycles. The van der Waals surface area contributed by atoms with Crippen molar-refractivity contribution in [1.29, 1.82) is 0 Å². The topological polar surface area (TPSA) is 48.5 Å². The van der Waals surface area contributed by atoms with Crippen molar-refractivity contribution in [2.24, 2.45) is 0 Å². The number of carbonyl (C=O) groups excluding carboxylic acids is 1. The third kappa shape index (κ3) is 2.96. The number of hydrogen-bond donors (Lipinski definition) is 1. The van der Waals surface area contributed by atoms with Crippen LogP contribution in [-0.2, 0) is 11.3 Å². The maximum Gasteiger partial charge on any atom is 0.240 e. The fourth-order valence-electron chi connectivity index (χ4n) is 2.90. The number of nitrogens with one attached hydrogen (secondary N) is 1. The van der Waals surface area contributed by atoms with E-state index in [1.54, 1.807) is 11.3 Å². The van der Waals surface area contributed by atoms with E-state index in [0.29, 0.717) is 5.91 Å². The Balaban J connectivity index is 1.63. The van der Waals surface area contributed by atoms with Crippen LogP contribution in [0.15, 0.2) is 11.6 Å². The predicted octanol–water partition coefficient (Wildman–Crippen LogP) is 0.539. The Labute approximate surface area is 117 Å². The first-order chi connectivity index (χ1) is 9.34. The summed E-state index contributed by atoms with van der Waals surface area (Å²) >= 11 is 1.67. The van der Waals surface area contributed by atoms with Crippen LogP contribution in [-0.4, -0.2) is 59.5 Å². The molecule has 0 aromatic carbocycles. The first kappa shape index (κ1) is 13.0. The zero-order valence-electron chi connectivity index (χ0n) is 11.0. The summed E-state index contributed by atoms with van der Waals surface area (Å²) in [5.41, 5.74) is 0. The van der Waals surface area contributed by atoms with Crippen LogP contribution < -0.4 is 5.32 Å². The van der Waals surface area contributed by atoms with Crippen molar-refractivity contribution < 1.29 is 4.79 Å². The van der Waals surface area contributed by atoms with Gasteiger partial charge < -0.3 is 10.2 Å². The molecule has 3 heterocycles. The average molecular weight is 280 g/mol. The van der Waals surface area contributed by atoms with Crippen molar-refractivity contribution in [3.63, 3.8) is 0 Å². The maximum atomic E-state index is 12.6. The van der Waals surface area contributed by atoms with Gasteiger partial charge in [-0.2, -0.15) is 0 Å². The number of nitrogens with zero attached hydrogens (tertiary/aromatic N) is 3. The molecule has 3 rings (SSSR count). The number of aromatic nitrogens is 1. The van der Waals surface area contributed by atoms with Crippen molar-refractivity contribution in [3.05, 3.63) is 16.6 Å². The molecular weight excluding hydrogens is 260 g/mol. The summed E-state index contributed by atoms with van der Waals surface area (Å²) in [6.45, 7) is 5.37. The van der Waals surface area contributed by atoms with Gasteiger partial charge in [-0.25, -0.2) is 4.98 Å². The molecule has 0 radical (unpaired) electrons. The molecular formula is C13H20N4OS. The molecule has 2 aliphatic heterocycles. The average Bonchev–Trinajstić information content (AvgIpc) is 3.11. The number of hydrogen-bond acceptors (Lipinski definition) is 5. The predicted molar refractivity (Wildman–Crippen MR) is 75.0 cm³/mol. The molecule has 5 nitrogen and oxygen atoms in total. The van der Waals surface area contributed by atoms with Gasteiger partial charge >= 0.3 is 0 Å². The quantitative estimate of drug-likeness (QED) is 0.878. The molecule has 19 heavy (non-hydrogen) atoms. The van der Waals surface area contributed by atoms with Crippen molar-refractivity contribution >= 4 is 17.2 Å². The van der Waals surface area contributed by atoms with Gasteiger partial charge in [0.05, 0.1) is 12.6 Å². The smallest absolute Gasteiger partial charge is 0.240 e. The number of likely N-dealkylation sites (tertiary alicyclic amines) is 1. The Kier molecular flexibility index (Phi) is 4.10. The Hall–Kier alpha value is -0.980. The van der Waals surface area contributed by atoms with Gasteiger partial charge in [0.1, 0.15) is 5.01 Å². The van der Waals surface area contributed by atoms with Crippen molar-refractivity contribution in [2.45, 2.75) is 25.4 Å². The molecule has 0 bridgehead atoms. The number of carbonyl (C=O) groups is 1. The lowest BCUT2D eigenvalue weighted by Gasteiger charge is -2.32. The van der Waals surface area contributed by atoms with Crippen LogP contribution in [0.2, 0.25) is 0 Å². The van der Waals surface area contributed by atoms with Gasteiger partial charge in [-0.3, -0.25) is 9.69 Å². The highest BCUT2D eigenvalue weighted by atomic mass is 32.1. The zero-order valence-corrected chi connectivity index (χ0v) is 11.9. The van der Waals surface area contributed by atoms with E-state index in [-0.39, 0.29) is 6.04 Å². The first-order valence-corrected chi connectivity index (χ1v) is 7.84. The van der Waals surface area contributed by atoms with Gasteiger partial charge in [0.25, 0.3) is 0 Å². The van der Waals surface area contributed by atoms with E-state index in [1.165, 1.54) is 0 Å². The summed E-state index contributed by atoms with van der Waals surface area (Å²) < 4.78 is 0. The molecule has 1 atom stereocenters. The van der Waals surface area contributed by atoms with Crippen LogP contribution in [0.4, 0.5) is 0 Å². The molecule has 1 aromatic rings. The SMILES string of the molecule is O=C(C1CCCN1Cc1nccs1)N1CCNCC1. The van der Waals surface area contributed by atoms with Crippen LogP contribution in [0, 0.1) is 0 Å². The highest BCUT2D eigenvalue weighted by Gasteiger charge is 2.34. The third-order valence-electron chi connectivity index (χ3n) is 3.90. The molecule has 6 heteroatoms. The van der Waals surface area contributed by atoms with E-state index >= 15 is 0 Å². The molecule has 2 saturated heterocycles. The molecule has 0 spiro atoms. The van der Waals surface area contributed by atoms with E-state index in [0.717, 1.165) is 57.1 Å². The van der Waals surface area contributed by atoms with Gasteiger partial charge in [0.2, 0.25) is 5.91 Å². The molecule has 1 unspecified atom stereocenters. The van der Waals surface area contributed by atoms with E-state index < -0.39 is 0 Å². The Morgan fingerprint density at radius 1 is 1.42 bits per heavy atom. The van der Waals surface area contributed by atoms with Gasteiger partial charge in [-0.05, 0) is 19.4 Å². The van der Waals surface area contributed by atoms with E-state index in [2.05, 4.69) is 15.2 Å². The van der Waals surface area contributed by atoms with Crippen molar-refractivity contribution in [3.8, 4) is 0 Å². The minimum Gasteiger partial charge on any atom is -0.339 e. The van der Waals surface area contributed by atoms with Crippen LogP contribution >= 0.6 is 11.3 Å². The minimum absolute atomic E-state index is 0.0713. The lowest BCUT2D eigenvalue weighted by atomic mass is 10.1. The first-order valence-electron chi connectivity index (χ1n) is 6.96. The molecule has 1 amide bonds. The maximum absolute atomic E-state index is 12.6. The second kappa shape index (κ2) is 5.98. The van der Waals surface area contributed by atoms with Gasteiger partial charge in [-0.1, -0.05) is 0 Å². The normalized spacial score (nSPS) is 24.8. The number of amides is 1. The minimum atomic E-state index is 0.0713. The van der Waals surface area contributed by atoms with Crippen LogP contribution in [0.3, 0.4) is 0 Å². The lowest BCUT2D eigenvalue weighted by molar-refractivity contribution is -0.136. The second-order valence-corrected chi connectivity index (χ2v) is 6.11. The fraction of sp³-hybridized carbons (Fsp3) is 0.692. The highest BCUT2D eigenvalue weighted by molar-refractivity contribution is 7.09. The van der Waals surface area contributed by atoms with Gasteiger partial charge in [0.15, 0.2) is 0 Å². The van der Waals surface area contributed by atoms with Crippen LogP contribution in [0.1, 0.15) is 17.8 Å². The van der Waals surface area contributed by atoms with E-state index in [9.17, 15) is 4.79 Å². The molecule has 1 N–H and O–H groups in total. The molecule has 1 aromatic heterocycles. The largest absolute Gasteiger partial charge is 0.339 e. The van der Waals surface area contributed by atoms with Crippen molar-refractivity contribution in [2.75, 3.05) is 32.7 Å². The lowest BCUT2D eigenvalue weighted by Crippen LogP contribution is -2.52. The second-order valence-electron chi connectivity index (χ2n) is 5.13. The molecule has 2 fully saturated rings. The summed E-state index contributed by atoms with van der Waals surface area (Å²) in [4.78, 5) is 21.2. The highest BCUT2D eigenvalue weighted by Crippen LogP contribution is 2.22. The van der Waals surface area contributed by atoms with E-state index in [4.69, 9.17) is 0 Å². The monoisotopic (exact) mass is 280 g/mol. The summed E-state index contributed by atoms with van der Waals surface area (Å²) in [5, 5.41) is 6.40. The van der Waals surface area contributed by atoms with Gasteiger partial charge in [-0.15, -0.1) is 11.3 Å². The Morgan fingerprint density at radius 3 is 3.00 bits per heavy atom. The molecule has 2 aliphatic rings. The van der Waals surface area contributed by atoms with Gasteiger partial charge in [0, 0.05) is 37.8 Å². The Bertz CT molecular complexity index is 416. The number of piperazine rings is 1. The molecule has 104 valence electrons. The third-order valence-corrected chi connectivity index (χ3v) is 4.66. The number of rotatable bonds is 3. The standard InChI is InChI=1S/C13H20N4OS/c18-13(16-7-3-14-4-8-16)11-2-1-6-17(11)10-12-15-5-9-19-12/h5,9,11,14H,1-4,6-8,10H2. The summed E-state index contributed by atoms with van der Waals surface area (Å²) in [7, 11) is 0. The fourth-order valence-corrected chi connectivity index (χ4v) is 3.54. The zero-order chi connectivity index (χ0) is 13.1.